The summed E-state index contributed by atoms with van der Waals surface area (Å²) in [7, 11) is 0. The van der Waals surface area contributed by atoms with E-state index in [0.29, 0.717) is 0 Å². The lowest BCUT2D eigenvalue weighted by Crippen LogP contribution is -2.44. The molecule has 3 rings (SSSR count). The number of aryl methyl sites for hydroxylation is 1. The molecule has 4 nitrogen and oxygen atoms in total. The van der Waals surface area contributed by atoms with Crippen LogP contribution in [0.2, 0.25) is 0 Å². The van der Waals surface area contributed by atoms with Crippen molar-refractivity contribution in [1.29, 1.82) is 0 Å². The minimum Gasteiger partial charge on any atom is -0.368 e. The van der Waals surface area contributed by atoms with Gasteiger partial charge in [-0.3, -0.25) is 5.01 Å². The Kier molecular flexibility index (Phi) is 4.15. The van der Waals surface area contributed by atoms with E-state index in [1.165, 1.54) is 11.3 Å². The third-order valence-corrected chi connectivity index (χ3v) is 3.76. The van der Waals surface area contributed by atoms with Crippen LogP contribution < -0.4 is 4.90 Å². The molecule has 0 amide bonds. The summed E-state index contributed by atoms with van der Waals surface area (Å²) in [4.78, 5) is 2.42. The predicted octanol–water partition coefficient (Wildman–Crippen LogP) is 3.82. The Morgan fingerprint density at radius 2 is 1.48 bits per heavy atom. The first kappa shape index (κ1) is 13.6. The summed E-state index contributed by atoms with van der Waals surface area (Å²) in [5.74, 6) is 0. The van der Waals surface area contributed by atoms with Crippen LogP contribution in [0.15, 0.2) is 64.9 Å². The number of para-hydroxylation sites is 1. The van der Waals surface area contributed by atoms with Gasteiger partial charge in [0.15, 0.2) is 0 Å². The Morgan fingerprint density at radius 1 is 0.810 bits per heavy atom. The van der Waals surface area contributed by atoms with Gasteiger partial charge < -0.3 is 4.90 Å². The predicted molar refractivity (Wildman–Crippen MR) is 85.9 cm³/mol. The van der Waals surface area contributed by atoms with Gasteiger partial charge in [0.05, 0.1) is 18.8 Å². The van der Waals surface area contributed by atoms with Crippen molar-refractivity contribution in [3.05, 3.63) is 60.2 Å². The van der Waals surface area contributed by atoms with E-state index in [4.69, 9.17) is 0 Å². The van der Waals surface area contributed by atoms with E-state index in [1.54, 1.807) is 0 Å². The summed E-state index contributed by atoms with van der Waals surface area (Å²) in [6, 6.07) is 18.4. The van der Waals surface area contributed by atoms with Crippen molar-refractivity contribution in [2.24, 2.45) is 10.3 Å². The molecule has 0 aliphatic carbocycles. The van der Waals surface area contributed by atoms with Crippen molar-refractivity contribution in [1.82, 2.24) is 5.01 Å². The summed E-state index contributed by atoms with van der Waals surface area (Å²) < 4.78 is 0. The zero-order valence-corrected chi connectivity index (χ0v) is 12.3. The van der Waals surface area contributed by atoms with Gasteiger partial charge >= 0.3 is 0 Å². The van der Waals surface area contributed by atoms with Crippen molar-refractivity contribution in [3.8, 4) is 0 Å². The molecule has 0 spiro atoms. The Labute approximate surface area is 125 Å². The molecule has 0 unspecified atom stereocenters. The smallest absolute Gasteiger partial charge is 0.0874 e. The lowest BCUT2D eigenvalue weighted by molar-refractivity contribution is 0.254. The first-order chi connectivity index (χ1) is 10.3. The number of rotatable bonds is 3. The highest BCUT2D eigenvalue weighted by molar-refractivity contribution is 5.53. The molecule has 108 valence electrons. The Bertz CT molecular complexity index is 601. The average molecular weight is 280 g/mol. The fourth-order valence-corrected chi connectivity index (χ4v) is 2.55. The van der Waals surface area contributed by atoms with Crippen LogP contribution in [0.25, 0.3) is 0 Å². The summed E-state index contributed by atoms with van der Waals surface area (Å²) >= 11 is 0. The number of nitrogens with zero attached hydrogens (tertiary/aromatic N) is 4. The van der Waals surface area contributed by atoms with Crippen LogP contribution in [0.1, 0.15) is 5.56 Å². The minimum absolute atomic E-state index is 0.902. The van der Waals surface area contributed by atoms with Crippen molar-refractivity contribution in [2.75, 3.05) is 31.1 Å². The van der Waals surface area contributed by atoms with Crippen LogP contribution in [-0.2, 0) is 0 Å². The highest BCUT2D eigenvalue weighted by atomic mass is 15.6. The number of piperazine rings is 1. The molecule has 1 aliphatic heterocycles. The van der Waals surface area contributed by atoms with Gasteiger partial charge in [-0.2, -0.15) is 0 Å². The lowest BCUT2D eigenvalue weighted by atomic mass is 10.1. The van der Waals surface area contributed by atoms with Crippen molar-refractivity contribution >= 4 is 11.4 Å². The maximum atomic E-state index is 4.34. The Morgan fingerprint density at radius 3 is 2.19 bits per heavy atom. The van der Waals surface area contributed by atoms with Gasteiger partial charge in [0, 0.05) is 18.8 Å². The topological polar surface area (TPSA) is 31.2 Å². The maximum absolute atomic E-state index is 4.34. The molecular weight excluding hydrogens is 260 g/mol. The first-order valence-electron chi connectivity index (χ1n) is 7.35. The van der Waals surface area contributed by atoms with E-state index in [0.717, 1.165) is 31.9 Å². The van der Waals surface area contributed by atoms with Crippen LogP contribution in [0.5, 0.6) is 0 Å². The van der Waals surface area contributed by atoms with Gasteiger partial charge in [0.25, 0.3) is 0 Å². The van der Waals surface area contributed by atoms with Gasteiger partial charge in [-0.25, -0.2) is 0 Å². The van der Waals surface area contributed by atoms with E-state index in [-0.39, 0.29) is 0 Å². The molecule has 21 heavy (non-hydrogen) atoms. The molecule has 4 heteroatoms. The molecule has 2 aromatic carbocycles. The van der Waals surface area contributed by atoms with Gasteiger partial charge in [-0.1, -0.05) is 41.6 Å². The fraction of sp³-hybridized carbons (Fsp3) is 0.294. The van der Waals surface area contributed by atoms with E-state index in [2.05, 4.69) is 46.4 Å². The molecule has 0 atom stereocenters. The average Bonchev–Trinajstić information content (AvgIpc) is 2.55. The van der Waals surface area contributed by atoms with E-state index in [9.17, 15) is 0 Å². The van der Waals surface area contributed by atoms with Crippen LogP contribution >= 0.6 is 0 Å². The molecule has 1 aliphatic rings. The second-order valence-corrected chi connectivity index (χ2v) is 5.25. The highest BCUT2D eigenvalue weighted by Crippen LogP contribution is 2.21. The molecule has 0 bridgehead atoms. The second-order valence-electron chi connectivity index (χ2n) is 5.25. The molecule has 0 radical (unpaired) electrons. The van der Waals surface area contributed by atoms with E-state index >= 15 is 0 Å². The fourth-order valence-electron chi connectivity index (χ4n) is 2.55. The van der Waals surface area contributed by atoms with Crippen LogP contribution in [0, 0.1) is 6.92 Å². The summed E-state index contributed by atoms with van der Waals surface area (Å²) in [6.45, 7) is 5.95. The molecule has 0 saturated carbocycles. The third kappa shape index (κ3) is 3.40. The normalized spacial score (nSPS) is 15.7. The highest BCUT2D eigenvalue weighted by Gasteiger charge is 2.17. The van der Waals surface area contributed by atoms with Crippen LogP contribution in [0.4, 0.5) is 11.4 Å². The van der Waals surface area contributed by atoms with Crippen molar-refractivity contribution < 1.29 is 0 Å². The summed E-state index contributed by atoms with van der Waals surface area (Å²) in [6.07, 6.45) is 0. The SMILES string of the molecule is Cc1ccccc1N1CCN(/N=N/c2ccccc2)CC1. The Hall–Kier alpha value is -2.36. The maximum Gasteiger partial charge on any atom is 0.0874 e. The number of anilines is 1. The largest absolute Gasteiger partial charge is 0.368 e. The molecule has 2 aromatic rings. The van der Waals surface area contributed by atoms with Crippen LogP contribution in [-0.4, -0.2) is 31.2 Å². The summed E-state index contributed by atoms with van der Waals surface area (Å²) in [5, 5.41) is 10.7. The van der Waals surface area contributed by atoms with E-state index in [1.807, 2.05) is 35.3 Å². The van der Waals surface area contributed by atoms with E-state index < -0.39 is 0 Å². The second kappa shape index (κ2) is 6.39. The third-order valence-electron chi connectivity index (χ3n) is 3.76. The number of hydrogen-bond donors (Lipinski definition) is 0. The quantitative estimate of drug-likeness (QED) is 0.800. The van der Waals surface area contributed by atoms with Crippen molar-refractivity contribution in [2.45, 2.75) is 6.92 Å². The molecule has 1 heterocycles. The zero-order valence-electron chi connectivity index (χ0n) is 12.3. The lowest BCUT2D eigenvalue weighted by Gasteiger charge is -2.34. The Balaban J connectivity index is 1.58. The minimum atomic E-state index is 0.902. The van der Waals surface area contributed by atoms with Gasteiger partial charge in [-0.15, -0.1) is 5.11 Å². The molecule has 0 N–H and O–H groups in total. The molecule has 0 aromatic heterocycles. The summed E-state index contributed by atoms with van der Waals surface area (Å²) in [5.41, 5.74) is 3.56. The van der Waals surface area contributed by atoms with Gasteiger partial charge in [0.1, 0.15) is 0 Å². The van der Waals surface area contributed by atoms with Gasteiger partial charge in [0.2, 0.25) is 0 Å². The standard InChI is InChI=1S/C17H20N4/c1-15-7-5-6-10-17(15)20-11-13-21(14-12-20)19-18-16-8-3-2-4-9-16/h2-10H,11-14H2,1H3/b19-18+. The molecule has 1 fully saturated rings. The number of hydrogen-bond acceptors (Lipinski definition) is 3. The molecular formula is C17H20N4. The number of benzene rings is 2. The zero-order chi connectivity index (χ0) is 14.5. The monoisotopic (exact) mass is 280 g/mol. The van der Waals surface area contributed by atoms with Gasteiger partial charge in [-0.05, 0) is 30.7 Å². The van der Waals surface area contributed by atoms with Crippen molar-refractivity contribution in [3.63, 3.8) is 0 Å². The molecule has 1 saturated heterocycles. The van der Waals surface area contributed by atoms with Crippen LogP contribution in [0.3, 0.4) is 0 Å². The first-order valence-corrected chi connectivity index (χ1v) is 7.35.